The summed E-state index contributed by atoms with van der Waals surface area (Å²) in [5.74, 6) is 0.847. The van der Waals surface area contributed by atoms with Crippen molar-refractivity contribution in [1.29, 1.82) is 0 Å². The van der Waals surface area contributed by atoms with Gasteiger partial charge in [-0.25, -0.2) is 13.2 Å². The lowest BCUT2D eigenvalue weighted by Crippen LogP contribution is -2.16. The summed E-state index contributed by atoms with van der Waals surface area (Å²) >= 11 is 0. The Morgan fingerprint density at radius 3 is 2.18 bits per heavy atom. The van der Waals surface area contributed by atoms with Gasteiger partial charge in [-0.1, -0.05) is 6.07 Å². The van der Waals surface area contributed by atoms with Crippen LogP contribution >= 0.6 is 0 Å². The molecule has 0 spiro atoms. The minimum Gasteiger partial charge on any atom is -0.716 e. The predicted molar refractivity (Wildman–Crippen MR) is 157 cm³/mol. The molecule has 2 aromatic heterocycles. The summed E-state index contributed by atoms with van der Waals surface area (Å²) in [4.78, 5) is 13.7. The standard InChI is InChI=1S/C30H27NO12S/c1-37-19-7-6-14(10-18(19)32)24-25-17-12-21(38-2)22(43-44(34,35)36)13-20(17)42-30(33)27(25)31-9-8-15-16(26(24)31)11-23(39-3)29(41-5)28(15)40-4/h6-7,10-13,32H,8-9H2,1-5H3,(H,34,35,36)/p-1. The topological polar surface area (TPSA) is 168 Å². The smallest absolute Gasteiger partial charge is 0.361 e. The minimum absolute atomic E-state index is 0.0611. The summed E-state index contributed by atoms with van der Waals surface area (Å²) in [5.41, 5.74) is 2.58. The van der Waals surface area contributed by atoms with Crippen molar-refractivity contribution >= 4 is 32.3 Å². The van der Waals surface area contributed by atoms with E-state index in [0.717, 1.165) is 11.6 Å². The van der Waals surface area contributed by atoms with Crippen molar-refractivity contribution in [2.24, 2.45) is 0 Å². The molecule has 3 aromatic carbocycles. The molecule has 0 atom stereocenters. The Morgan fingerprint density at radius 1 is 0.864 bits per heavy atom. The van der Waals surface area contributed by atoms with Crippen molar-refractivity contribution in [3.8, 4) is 62.6 Å². The van der Waals surface area contributed by atoms with Crippen LogP contribution in [0.4, 0.5) is 0 Å². The average molecular weight is 625 g/mol. The molecule has 44 heavy (non-hydrogen) atoms. The van der Waals surface area contributed by atoms with E-state index in [1.54, 1.807) is 18.2 Å². The molecule has 0 radical (unpaired) electrons. The normalized spacial score (nSPS) is 12.5. The van der Waals surface area contributed by atoms with Gasteiger partial charge in [-0.15, -0.1) is 0 Å². The van der Waals surface area contributed by atoms with E-state index in [0.29, 0.717) is 63.4 Å². The molecule has 0 bridgehead atoms. The lowest BCUT2D eigenvalue weighted by atomic mass is 9.91. The number of phenolic OH excluding ortho intramolecular Hbond substituents is 1. The molecule has 0 aliphatic carbocycles. The zero-order valence-corrected chi connectivity index (χ0v) is 25.0. The van der Waals surface area contributed by atoms with Crippen molar-refractivity contribution in [1.82, 2.24) is 4.57 Å². The number of methoxy groups -OCH3 is 5. The number of rotatable bonds is 8. The summed E-state index contributed by atoms with van der Waals surface area (Å²) in [6.07, 6.45) is 0.456. The van der Waals surface area contributed by atoms with E-state index in [9.17, 15) is 22.9 Å². The third kappa shape index (κ3) is 4.41. The van der Waals surface area contributed by atoms with E-state index in [2.05, 4.69) is 4.18 Å². The summed E-state index contributed by atoms with van der Waals surface area (Å²) < 4.78 is 74.0. The first-order valence-corrected chi connectivity index (χ1v) is 14.4. The monoisotopic (exact) mass is 624 g/mol. The quantitative estimate of drug-likeness (QED) is 0.148. The molecule has 6 rings (SSSR count). The van der Waals surface area contributed by atoms with E-state index in [-0.39, 0.29) is 28.3 Å². The summed E-state index contributed by atoms with van der Waals surface area (Å²) in [5, 5.41) is 11.6. The molecule has 1 N–H and O–H groups in total. The molecule has 0 unspecified atom stereocenters. The van der Waals surface area contributed by atoms with Gasteiger partial charge in [0.2, 0.25) is 5.75 Å². The maximum atomic E-state index is 13.7. The highest BCUT2D eigenvalue weighted by Gasteiger charge is 2.33. The van der Waals surface area contributed by atoms with Crippen LogP contribution in [0.15, 0.2) is 45.6 Å². The summed E-state index contributed by atoms with van der Waals surface area (Å²) in [6.45, 7) is 0.343. The number of hydrogen-bond acceptors (Lipinski definition) is 12. The number of aromatic nitrogens is 1. The molecule has 1 aliphatic heterocycles. The van der Waals surface area contributed by atoms with Crippen molar-refractivity contribution in [3.05, 3.63) is 52.4 Å². The fraction of sp³-hybridized carbons (Fsp3) is 0.233. The molecule has 230 valence electrons. The Kier molecular flexibility index (Phi) is 6.97. The first-order chi connectivity index (χ1) is 21.0. The van der Waals surface area contributed by atoms with Gasteiger partial charge in [-0.05, 0) is 36.2 Å². The second-order valence-electron chi connectivity index (χ2n) is 9.79. The summed E-state index contributed by atoms with van der Waals surface area (Å²) in [7, 11) is 2.07. The Bertz CT molecular complexity index is 2150. The molecule has 0 saturated carbocycles. The SMILES string of the molecule is COc1ccc(-c2c3n(c4c(=O)oc5cc(OS(=O)(=O)[O-])c(OC)cc5c24)CCc2c-3cc(OC)c(OC)c2OC)cc1O. The number of aromatic hydroxyl groups is 1. The summed E-state index contributed by atoms with van der Waals surface area (Å²) in [6, 6.07) is 9.18. The van der Waals surface area contributed by atoms with Gasteiger partial charge >= 0.3 is 5.63 Å². The number of phenols is 1. The molecule has 0 fully saturated rings. The lowest BCUT2D eigenvalue weighted by molar-refractivity contribution is 0.321. The number of fused-ring (bicyclic) bond motifs is 7. The van der Waals surface area contributed by atoms with Crippen LogP contribution in [0, 0.1) is 0 Å². The molecule has 1 aliphatic rings. The van der Waals surface area contributed by atoms with Gasteiger partial charge in [0.25, 0.3) is 10.4 Å². The van der Waals surface area contributed by atoms with Crippen LogP contribution < -0.4 is 33.5 Å². The Morgan fingerprint density at radius 2 is 1.57 bits per heavy atom. The van der Waals surface area contributed by atoms with Crippen molar-refractivity contribution < 1.29 is 50.4 Å². The van der Waals surface area contributed by atoms with Crippen molar-refractivity contribution in [3.63, 3.8) is 0 Å². The van der Waals surface area contributed by atoms with Crippen molar-refractivity contribution in [2.45, 2.75) is 13.0 Å². The maximum Gasteiger partial charge on any atom is 0.361 e. The van der Waals surface area contributed by atoms with E-state index in [4.69, 9.17) is 28.1 Å². The van der Waals surface area contributed by atoms with Crippen LogP contribution in [-0.2, 0) is 23.4 Å². The molecule has 3 heterocycles. The van der Waals surface area contributed by atoms with Gasteiger partial charge in [0.1, 0.15) is 11.1 Å². The van der Waals surface area contributed by atoms with Gasteiger partial charge in [0.15, 0.2) is 34.5 Å². The van der Waals surface area contributed by atoms with Gasteiger partial charge < -0.3 is 46.5 Å². The Balaban J connectivity index is 1.82. The minimum atomic E-state index is -5.18. The Labute approximate surface area is 250 Å². The third-order valence-electron chi connectivity index (χ3n) is 7.63. The molecule has 0 amide bonds. The number of benzene rings is 3. The third-order valence-corrected chi connectivity index (χ3v) is 8.01. The van der Waals surface area contributed by atoms with Gasteiger partial charge in [-0.2, -0.15) is 0 Å². The zero-order valence-electron chi connectivity index (χ0n) is 24.2. The van der Waals surface area contributed by atoms with Crippen LogP contribution in [0.1, 0.15) is 5.56 Å². The van der Waals surface area contributed by atoms with E-state index in [1.807, 2.05) is 4.57 Å². The second kappa shape index (κ2) is 10.6. The van der Waals surface area contributed by atoms with E-state index < -0.39 is 21.8 Å². The van der Waals surface area contributed by atoms with Crippen LogP contribution in [0.2, 0.25) is 0 Å². The van der Waals surface area contributed by atoms with Gasteiger partial charge in [-0.3, -0.25) is 0 Å². The fourth-order valence-electron chi connectivity index (χ4n) is 5.93. The lowest BCUT2D eigenvalue weighted by Gasteiger charge is -2.25. The Hall–Kier alpha value is -5.08. The molecular formula is C30H26NO12S-. The van der Waals surface area contributed by atoms with E-state index >= 15 is 0 Å². The number of nitrogens with zero attached hydrogens (tertiary/aromatic N) is 1. The molecule has 0 saturated heterocycles. The molecule has 5 aromatic rings. The van der Waals surface area contributed by atoms with Gasteiger partial charge in [0, 0.05) is 40.1 Å². The highest BCUT2D eigenvalue weighted by atomic mass is 32.3. The van der Waals surface area contributed by atoms with Gasteiger partial charge in [0.05, 0.1) is 41.2 Å². The highest BCUT2D eigenvalue weighted by Crippen LogP contribution is 2.53. The fourth-order valence-corrected chi connectivity index (χ4v) is 6.28. The maximum absolute atomic E-state index is 13.7. The van der Waals surface area contributed by atoms with Crippen molar-refractivity contribution in [2.75, 3.05) is 35.5 Å². The number of aryl methyl sites for hydroxylation is 1. The van der Waals surface area contributed by atoms with Crippen LogP contribution in [0.3, 0.4) is 0 Å². The van der Waals surface area contributed by atoms with Crippen LogP contribution in [0.25, 0.3) is 44.3 Å². The van der Waals surface area contributed by atoms with E-state index in [1.165, 1.54) is 47.7 Å². The van der Waals surface area contributed by atoms with Crippen LogP contribution in [0.5, 0.6) is 40.2 Å². The first-order valence-electron chi connectivity index (χ1n) is 13.1. The zero-order chi connectivity index (χ0) is 31.5. The number of ether oxygens (including phenoxy) is 5. The molecule has 14 heteroatoms. The average Bonchev–Trinajstić information content (AvgIpc) is 3.35. The largest absolute Gasteiger partial charge is 0.716 e. The first kappa shape index (κ1) is 29.0. The van der Waals surface area contributed by atoms with Crippen LogP contribution in [-0.4, -0.2) is 58.2 Å². The number of hydrogen-bond donors (Lipinski definition) is 1. The highest BCUT2D eigenvalue weighted by molar-refractivity contribution is 7.81. The molecular weight excluding hydrogens is 598 g/mol. The molecule has 13 nitrogen and oxygen atoms in total. The second-order valence-corrected chi connectivity index (χ2v) is 10.8. The predicted octanol–water partition coefficient (Wildman–Crippen LogP) is 4.23.